The van der Waals surface area contributed by atoms with Crippen molar-refractivity contribution in [1.82, 2.24) is 0 Å². The lowest BCUT2D eigenvalue weighted by molar-refractivity contribution is 0.347. The highest BCUT2D eigenvalue weighted by atomic mass is 29.6. The summed E-state index contributed by atoms with van der Waals surface area (Å²) in [7, 11) is -2.52. The van der Waals surface area contributed by atoms with Crippen LogP contribution in [0.4, 0.5) is 0 Å². The second kappa shape index (κ2) is 4.00. The third-order valence-electron chi connectivity index (χ3n) is 4.41. The molecular weight excluding hydrogens is 208 g/mol. The second-order valence-corrected chi connectivity index (χ2v) is 30.1. The molecule has 1 rings (SSSR count). The lowest BCUT2D eigenvalue weighted by atomic mass is 10.9. The third kappa shape index (κ3) is 1.86. The van der Waals surface area contributed by atoms with Gasteiger partial charge in [-0.15, -0.1) is 0 Å². The van der Waals surface area contributed by atoms with E-state index < -0.39 is 23.3 Å². The fourth-order valence-electron chi connectivity index (χ4n) is 2.64. The van der Waals surface area contributed by atoms with Crippen LogP contribution in [0.2, 0.25) is 37.8 Å². The van der Waals surface area contributed by atoms with Gasteiger partial charge in [0, 0.05) is 14.2 Å². The molecule has 4 heteroatoms. The first-order valence-electron chi connectivity index (χ1n) is 5.59. The molecule has 0 amide bonds. The van der Waals surface area contributed by atoms with Crippen LogP contribution in [-0.4, -0.2) is 29.9 Å². The lowest BCUT2D eigenvalue weighted by Crippen LogP contribution is -2.70. The molecule has 1 fully saturated rings. The predicted octanol–water partition coefficient (Wildman–Crippen LogP) is 2.72. The van der Waals surface area contributed by atoms with Crippen LogP contribution >= 0.6 is 0 Å². The molecule has 13 heavy (non-hydrogen) atoms. The highest BCUT2D eigenvalue weighted by molar-refractivity contribution is 7.63. The molecule has 1 aliphatic heterocycles. The van der Waals surface area contributed by atoms with Crippen LogP contribution in [-0.2, 0) is 4.43 Å². The molecule has 0 spiro atoms. The first kappa shape index (κ1) is 11.7. The van der Waals surface area contributed by atoms with Crippen LogP contribution in [0, 0.1) is 0 Å². The number of rotatable bonds is 2. The van der Waals surface area contributed by atoms with E-state index in [0.717, 1.165) is 6.61 Å². The van der Waals surface area contributed by atoms with E-state index in [4.69, 9.17) is 4.43 Å². The molecule has 0 aromatic carbocycles. The summed E-state index contributed by atoms with van der Waals surface area (Å²) >= 11 is 0. The molecule has 1 nitrogen and oxygen atoms in total. The maximum absolute atomic E-state index is 6.10. The van der Waals surface area contributed by atoms with Gasteiger partial charge in [-0.05, 0) is 12.1 Å². The molecule has 0 aromatic heterocycles. The van der Waals surface area contributed by atoms with Crippen molar-refractivity contribution in [1.29, 1.82) is 0 Å². The van der Waals surface area contributed by atoms with Crippen LogP contribution < -0.4 is 0 Å². The standard InChI is InChI=1S/C9H24OSi3/c1-6-11-10-8-9-12(3,4)13(11,5)7-2/h11H,6-9H2,1-5H3. The van der Waals surface area contributed by atoms with E-state index in [-0.39, 0.29) is 0 Å². The zero-order chi connectivity index (χ0) is 10.1. The van der Waals surface area contributed by atoms with Gasteiger partial charge in [-0.2, -0.15) is 0 Å². The van der Waals surface area contributed by atoms with Gasteiger partial charge < -0.3 is 4.43 Å². The van der Waals surface area contributed by atoms with Crippen molar-refractivity contribution in [2.75, 3.05) is 6.61 Å². The van der Waals surface area contributed by atoms with Gasteiger partial charge in [0.15, 0.2) is 8.56 Å². The van der Waals surface area contributed by atoms with Crippen molar-refractivity contribution in [3.05, 3.63) is 0 Å². The summed E-state index contributed by atoms with van der Waals surface area (Å²) in [4.78, 5) is 0. The van der Waals surface area contributed by atoms with Crippen molar-refractivity contribution >= 4 is 23.3 Å². The zero-order valence-electron chi connectivity index (χ0n) is 9.81. The van der Waals surface area contributed by atoms with Gasteiger partial charge in [0.25, 0.3) is 0 Å². The Balaban J connectivity index is 2.90. The van der Waals surface area contributed by atoms with E-state index in [2.05, 4.69) is 33.5 Å². The average Bonchev–Trinajstić information content (AvgIpc) is 2.09. The quantitative estimate of drug-likeness (QED) is 0.665. The fraction of sp³-hybridized carbons (Fsp3) is 1.00. The fourth-order valence-corrected chi connectivity index (χ4v) is 33.0. The smallest absolute Gasteiger partial charge is 0.162 e. The highest BCUT2D eigenvalue weighted by Crippen LogP contribution is 2.34. The van der Waals surface area contributed by atoms with E-state index in [0.29, 0.717) is 0 Å². The molecule has 2 unspecified atom stereocenters. The van der Waals surface area contributed by atoms with Crippen LogP contribution in [0.15, 0.2) is 0 Å². The Labute approximate surface area is 86.2 Å². The van der Waals surface area contributed by atoms with E-state index in [9.17, 15) is 0 Å². The van der Waals surface area contributed by atoms with Crippen LogP contribution in [0.25, 0.3) is 0 Å². The number of hydrogen-bond donors (Lipinski definition) is 0. The largest absolute Gasteiger partial charge is 0.424 e. The Morgan fingerprint density at radius 1 is 1.23 bits per heavy atom. The van der Waals surface area contributed by atoms with E-state index in [1.807, 2.05) is 0 Å². The Morgan fingerprint density at radius 2 is 1.85 bits per heavy atom. The van der Waals surface area contributed by atoms with E-state index >= 15 is 0 Å². The molecule has 0 saturated carbocycles. The Morgan fingerprint density at radius 3 is 2.23 bits per heavy atom. The van der Waals surface area contributed by atoms with Gasteiger partial charge in [-0.1, -0.05) is 39.5 Å². The molecule has 78 valence electrons. The van der Waals surface area contributed by atoms with Crippen LogP contribution in [0.1, 0.15) is 13.8 Å². The zero-order valence-corrected chi connectivity index (χ0v) is 13.0. The minimum atomic E-state index is -0.912. The predicted molar refractivity (Wildman–Crippen MR) is 68.0 cm³/mol. The topological polar surface area (TPSA) is 9.23 Å². The molecule has 0 bridgehead atoms. The summed E-state index contributed by atoms with van der Waals surface area (Å²) in [5.41, 5.74) is 0. The monoisotopic (exact) mass is 232 g/mol. The Kier molecular flexibility index (Phi) is 3.60. The van der Waals surface area contributed by atoms with Gasteiger partial charge in [0.1, 0.15) is 0 Å². The average molecular weight is 233 g/mol. The first-order valence-corrected chi connectivity index (χ1v) is 15.6. The molecule has 1 heterocycles. The Hall–Kier alpha value is 0.611. The molecular formula is C9H24OSi3. The van der Waals surface area contributed by atoms with Gasteiger partial charge in [0.05, 0.1) is 7.11 Å². The van der Waals surface area contributed by atoms with Crippen molar-refractivity contribution in [3.63, 3.8) is 0 Å². The summed E-state index contributed by atoms with van der Waals surface area (Å²) in [6.45, 7) is 13.8. The molecule has 1 saturated heterocycles. The minimum absolute atomic E-state index is 0.760. The number of hydrogen-bond acceptors (Lipinski definition) is 1. The highest BCUT2D eigenvalue weighted by Gasteiger charge is 2.52. The summed E-state index contributed by atoms with van der Waals surface area (Å²) in [6.07, 6.45) is 0. The van der Waals surface area contributed by atoms with Crippen molar-refractivity contribution in [2.45, 2.75) is 51.6 Å². The summed E-state index contributed by atoms with van der Waals surface area (Å²) in [5.74, 6) is 0. The summed E-state index contributed by atoms with van der Waals surface area (Å²) in [6, 6.07) is 4.30. The van der Waals surface area contributed by atoms with Gasteiger partial charge >= 0.3 is 0 Å². The van der Waals surface area contributed by atoms with E-state index in [1.54, 1.807) is 0 Å². The van der Waals surface area contributed by atoms with Gasteiger partial charge in [-0.25, -0.2) is 0 Å². The first-order chi connectivity index (χ1) is 5.98. The molecule has 0 radical (unpaired) electrons. The summed E-state index contributed by atoms with van der Waals surface area (Å²) in [5, 5.41) is 0. The Bertz CT molecular complexity index is 184. The molecule has 0 N–H and O–H groups in total. The molecule has 0 aliphatic carbocycles. The summed E-state index contributed by atoms with van der Waals surface area (Å²) < 4.78 is 6.10. The second-order valence-electron chi connectivity index (χ2n) is 5.17. The van der Waals surface area contributed by atoms with Crippen molar-refractivity contribution in [2.24, 2.45) is 0 Å². The molecule has 0 aromatic rings. The van der Waals surface area contributed by atoms with E-state index in [1.165, 1.54) is 18.1 Å². The van der Waals surface area contributed by atoms with Crippen LogP contribution in [0.5, 0.6) is 0 Å². The maximum Gasteiger partial charge on any atom is 0.162 e. The van der Waals surface area contributed by atoms with Crippen molar-refractivity contribution < 1.29 is 4.43 Å². The lowest BCUT2D eigenvalue weighted by Gasteiger charge is -2.48. The van der Waals surface area contributed by atoms with Gasteiger partial charge in [0.2, 0.25) is 0 Å². The third-order valence-corrected chi connectivity index (χ3v) is 41.5. The maximum atomic E-state index is 6.10. The SMILES string of the molecule is CC[SiH]1OCC[Si](C)(C)[Si]1(C)CC. The molecule has 1 aliphatic rings. The van der Waals surface area contributed by atoms with Crippen LogP contribution in [0.3, 0.4) is 0 Å². The van der Waals surface area contributed by atoms with Gasteiger partial charge in [-0.3, -0.25) is 0 Å². The van der Waals surface area contributed by atoms with Crippen molar-refractivity contribution in [3.8, 4) is 0 Å². The minimum Gasteiger partial charge on any atom is -0.424 e. The molecule has 2 atom stereocenters. The normalized spacial score (nSPS) is 39.0.